The Balaban J connectivity index is 1.55. The molecule has 2 nitrogen and oxygen atoms in total. The number of fused-ring (bicyclic) bond motifs is 7. The molecule has 172 valence electrons. The lowest BCUT2D eigenvalue weighted by Gasteiger charge is -2.66. The van der Waals surface area contributed by atoms with Crippen LogP contribution < -0.4 is 0 Å². The van der Waals surface area contributed by atoms with Crippen molar-refractivity contribution in [1.29, 1.82) is 0 Å². The summed E-state index contributed by atoms with van der Waals surface area (Å²) in [5, 5.41) is 0. The zero-order chi connectivity index (χ0) is 22.4. The van der Waals surface area contributed by atoms with E-state index < -0.39 is 0 Å². The maximum atomic E-state index is 12.8. The van der Waals surface area contributed by atoms with Gasteiger partial charge in [-0.3, -0.25) is 4.79 Å². The Morgan fingerprint density at radius 1 is 0.968 bits per heavy atom. The van der Waals surface area contributed by atoms with E-state index in [1.165, 1.54) is 38.4 Å². The van der Waals surface area contributed by atoms with E-state index in [0.29, 0.717) is 41.3 Å². The van der Waals surface area contributed by atoms with E-state index in [0.717, 1.165) is 25.7 Å². The van der Waals surface area contributed by atoms with Crippen molar-refractivity contribution in [1.82, 2.24) is 0 Å². The lowest BCUT2D eigenvalue weighted by molar-refractivity contribution is -0.162. The van der Waals surface area contributed by atoms with Gasteiger partial charge in [0.2, 0.25) is 0 Å². The van der Waals surface area contributed by atoms with Gasteiger partial charge in [0.25, 0.3) is 0 Å². The third-order valence-electron chi connectivity index (χ3n) is 11.9. The van der Waals surface area contributed by atoms with Crippen LogP contribution in [0, 0.1) is 57.2 Å². The van der Waals surface area contributed by atoms with Crippen LogP contribution in [-0.4, -0.2) is 12.1 Å². The number of hydrogen-bond acceptors (Lipinski definition) is 2. The van der Waals surface area contributed by atoms with Crippen LogP contribution in [0.5, 0.6) is 0 Å². The number of aldehydes is 1. The van der Waals surface area contributed by atoms with Gasteiger partial charge in [0.05, 0.1) is 0 Å². The van der Waals surface area contributed by atoms with E-state index >= 15 is 0 Å². The molecule has 0 aromatic rings. The molecule has 8 atom stereocenters. The molecule has 0 bridgehead atoms. The average molecular weight is 425 g/mol. The molecule has 0 amide bonds. The second-order valence-corrected chi connectivity index (χ2v) is 13.6. The van der Waals surface area contributed by atoms with Gasteiger partial charge in [-0.05, 0) is 97.7 Å². The minimum atomic E-state index is -0.174. The zero-order valence-electron chi connectivity index (χ0n) is 20.8. The maximum absolute atomic E-state index is 12.8. The topological polar surface area (TPSA) is 34.1 Å². The summed E-state index contributed by atoms with van der Waals surface area (Å²) in [6.45, 7) is 14.3. The van der Waals surface area contributed by atoms with Crippen molar-refractivity contribution in [2.75, 3.05) is 0 Å². The van der Waals surface area contributed by atoms with E-state index in [4.69, 9.17) is 0 Å². The summed E-state index contributed by atoms with van der Waals surface area (Å²) in [4.78, 5) is 25.3. The number of ketones is 1. The summed E-state index contributed by atoms with van der Waals surface area (Å²) < 4.78 is 0. The van der Waals surface area contributed by atoms with E-state index in [9.17, 15) is 9.59 Å². The molecule has 4 saturated carbocycles. The molecule has 0 aromatic carbocycles. The Bertz CT molecular complexity index is 821. The number of Topliss-reactive ketones (excluding diaryl/α,β-unsaturated/α-hetero) is 1. The molecule has 0 aliphatic heterocycles. The number of hydrogen-bond donors (Lipinski definition) is 0. The Hall–Kier alpha value is -0.920. The molecule has 1 unspecified atom stereocenters. The molecular formula is C29H44O2. The maximum Gasteiger partial charge on any atom is 0.138 e. The fraction of sp³-hybridized carbons (Fsp3) is 0.862. The molecule has 0 radical (unpaired) electrons. The average Bonchev–Trinajstić information content (AvgIpc) is 3.11. The highest BCUT2D eigenvalue weighted by Gasteiger charge is 2.65. The molecule has 5 aliphatic carbocycles. The highest BCUT2D eigenvalue weighted by atomic mass is 16.1. The highest BCUT2D eigenvalue weighted by molar-refractivity contribution is 5.85. The Labute approximate surface area is 190 Å². The molecule has 31 heavy (non-hydrogen) atoms. The summed E-state index contributed by atoms with van der Waals surface area (Å²) in [5.41, 5.74) is 1.99. The Morgan fingerprint density at radius 2 is 1.71 bits per heavy atom. The molecule has 2 heteroatoms. The van der Waals surface area contributed by atoms with Gasteiger partial charge in [0, 0.05) is 17.3 Å². The number of carbonyl (C=O) groups is 2. The van der Waals surface area contributed by atoms with Crippen LogP contribution in [0.2, 0.25) is 0 Å². The Kier molecular flexibility index (Phi) is 4.80. The largest absolute Gasteiger partial charge is 0.303 e. The van der Waals surface area contributed by atoms with Crippen molar-refractivity contribution in [3.63, 3.8) is 0 Å². The van der Waals surface area contributed by atoms with Crippen LogP contribution in [0.1, 0.15) is 99.3 Å². The van der Waals surface area contributed by atoms with Crippen LogP contribution in [0.15, 0.2) is 11.6 Å². The first-order chi connectivity index (χ1) is 14.5. The smallest absolute Gasteiger partial charge is 0.138 e. The molecule has 0 aromatic heterocycles. The van der Waals surface area contributed by atoms with Gasteiger partial charge in [-0.2, -0.15) is 0 Å². The van der Waals surface area contributed by atoms with E-state index in [2.05, 4.69) is 47.6 Å². The van der Waals surface area contributed by atoms with E-state index in [1.54, 1.807) is 5.57 Å². The summed E-state index contributed by atoms with van der Waals surface area (Å²) in [6, 6.07) is 0. The molecule has 4 fully saturated rings. The van der Waals surface area contributed by atoms with Gasteiger partial charge in [0.1, 0.15) is 12.1 Å². The minimum absolute atomic E-state index is 0.0906. The zero-order valence-corrected chi connectivity index (χ0v) is 20.8. The quantitative estimate of drug-likeness (QED) is 0.352. The van der Waals surface area contributed by atoms with Crippen molar-refractivity contribution in [3.05, 3.63) is 11.6 Å². The molecule has 0 spiro atoms. The van der Waals surface area contributed by atoms with Gasteiger partial charge in [-0.25, -0.2) is 0 Å². The summed E-state index contributed by atoms with van der Waals surface area (Å²) in [6.07, 6.45) is 14.0. The second-order valence-electron chi connectivity index (χ2n) is 13.6. The van der Waals surface area contributed by atoms with Crippen LogP contribution in [-0.2, 0) is 9.59 Å². The lowest BCUT2D eigenvalue weighted by atomic mass is 9.38. The van der Waals surface area contributed by atoms with Crippen molar-refractivity contribution in [2.24, 2.45) is 57.2 Å². The predicted molar refractivity (Wildman–Crippen MR) is 125 cm³/mol. The number of rotatable bonds is 2. The fourth-order valence-electron chi connectivity index (χ4n) is 10.4. The first-order valence-electron chi connectivity index (χ1n) is 13.2. The van der Waals surface area contributed by atoms with Gasteiger partial charge in [-0.1, -0.05) is 53.2 Å². The standard InChI is InChI=1S/C29H44O2/c1-18(2)19-9-15-29(17-30)16-10-21-20(25(19)29)7-8-23-27(21,5)13-11-22-26(3,4)24(31)12-14-28(22,23)6/h10,17-20,22-23,25H,7-9,11-16H2,1-6H3/t19-,20-,22-,23-,25+,27-,28?,29+/m0/s1. The molecule has 0 saturated heterocycles. The highest BCUT2D eigenvalue weighted by Crippen LogP contribution is 2.72. The second kappa shape index (κ2) is 6.80. The first-order valence-corrected chi connectivity index (χ1v) is 13.2. The van der Waals surface area contributed by atoms with Crippen LogP contribution in [0.25, 0.3) is 0 Å². The van der Waals surface area contributed by atoms with Crippen molar-refractivity contribution in [3.8, 4) is 0 Å². The first kappa shape index (κ1) is 21.9. The summed E-state index contributed by atoms with van der Waals surface area (Å²) in [7, 11) is 0. The van der Waals surface area contributed by atoms with Crippen LogP contribution in [0.4, 0.5) is 0 Å². The van der Waals surface area contributed by atoms with E-state index in [1.807, 2.05) is 0 Å². The monoisotopic (exact) mass is 424 g/mol. The van der Waals surface area contributed by atoms with Gasteiger partial charge in [0.15, 0.2) is 0 Å². The van der Waals surface area contributed by atoms with Crippen LogP contribution >= 0.6 is 0 Å². The molecular weight excluding hydrogens is 380 g/mol. The predicted octanol–water partition coefficient (Wildman–Crippen LogP) is 7.02. The fourth-order valence-corrected chi connectivity index (χ4v) is 10.4. The van der Waals surface area contributed by atoms with Gasteiger partial charge < -0.3 is 4.79 Å². The van der Waals surface area contributed by atoms with Crippen molar-refractivity contribution >= 4 is 12.1 Å². The number of allylic oxidation sites excluding steroid dienone is 2. The van der Waals surface area contributed by atoms with Crippen LogP contribution in [0.3, 0.4) is 0 Å². The molecule has 0 heterocycles. The Morgan fingerprint density at radius 3 is 2.39 bits per heavy atom. The van der Waals surface area contributed by atoms with Crippen molar-refractivity contribution in [2.45, 2.75) is 99.3 Å². The normalized spacial score (nSPS) is 50.7. The third kappa shape index (κ3) is 2.69. The van der Waals surface area contributed by atoms with Gasteiger partial charge >= 0.3 is 0 Å². The summed E-state index contributed by atoms with van der Waals surface area (Å²) in [5.74, 6) is 4.20. The number of carbonyl (C=O) groups excluding carboxylic acids is 2. The van der Waals surface area contributed by atoms with Crippen molar-refractivity contribution < 1.29 is 9.59 Å². The summed E-state index contributed by atoms with van der Waals surface area (Å²) >= 11 is 0. The SMILES string of the molecule is CC(C)[C@@H]1CC[C@]2(C=O)CC=C3[C@H](CC[C@@H]4C5(C)CCC(=O)C(C)(C)[C@@H]5CC[C@@]34C)[C@@H]12. The van der Waals surface area contributed by atoms with E-state index in [-0.39, 0.29) is 21.7 Å². The molecule has 5 rings (SSSR count). The minimum Gasteiger partial charge on any atom is -0.303 e. The lowest BCUT2D eigenvalue weighted by Crippen LogP contribution is -2.60. The third-order valence-corrected chi connectivity index (χ3v) is 11.9. The molecule has 5 aliphatic rings. The molecule has 0 N–H and O–H groups in total. The van der Waals surface area contributed by atoms with Gasteiger partial charge in [-0.15, -0.1) is 0 Å².